The number of halogens is 1. The molecule has 114 valence electrons. The fourth-order valence-electron chi connectivity index (χ4n) is 3.07. The second kappa shape index (κ2) is 8.40. The van der Waals surface area contributed by atoms with Crippen molar-refractivity contribution < 1.29 is 4.39 Å². The summed E-state index contributed by atoms with van der Waals surface area (Å²) in [4.78, 5) is 0. The standard InChI is InChI=1S/C20H22FN/c1-2-5-16-8-10-17(11-9-16)6-3-4-7-18-12-13-19(15-22)20(21)14-18/h3,6,12-14,16-17H,2,5,8-11H2,1H3. The maximum Gasteiger partial charge on any atom is 0.142 e. The van der Waals surface area contributed by atoms with Gasteiger partial charge in [-0.1, -0.05) is 37.7 Å². The third-order valence-corrected chi connectivity index (χ3v) is 4.35. The third-order valence-electron chi connectivity index (χ3n) is 4.35. The summed E-state index contributed by atoms with van der Waals surface area (Å²) in [6.45, 7) is 2.26. The highest BCUT2D eigenvalue weighted by Crippen LogP contribution is 2.31. The third kappa shape index (κ3) is 4.74. The highest BCUT2D eigenvalue weighted by Gasteiger charge is 2.18. The molecule has 0 N–H and O–H groups in total. The van der Waals surface area contributed by atoms with Gasteiger partial charge in [0, 0.05) is 5.56 Å². The van der Waals surface area contributed by atoms with Gasteiger partial charge in [0.15, 0.2) is 0 Å². The second-order valence-electron chi connectivity index (χ2n) is 6.00. The average Bonchev–Trinajstić information content (AvgIpc) is 2.53. The lowest BCUT2D eigenvalue weighted by atomic mass is 9.80. The zero-order chi connectivity index (χ0) is 15.8. The van der Waals surface area contributed by atoms with Crippen LogP contribution in [0.5, 0.6) is 0 Å². The summed E-state index contributed by atoms with van der Waals surface area (Å²) in [5.41, 5.74) is 0.665. The molecular formula is C20H22FN. The van der Waals surface area contributed by atoms with Crippen LogP contribution in [0.3, 0.4) is 0 Å². The molecule has 0 unspecified atom stereocenters. The summed E-state index contributed by atoms with van der Waals surface area (Å²) >= 11 is 0. The molecule has 0 radical (unpaired) electrons. The number of hydrogen-bond donors (Lipinski definition) is 0. The highest BCUT2D eigenvalue weighted by molar-refractivity contribution is 5.42. The summed E-state index contributed by atoms with van der Waals surface area (Å²) in [6, 6.07) is 6.27. The van der Waals surface area contributed by atoms with Gasteiger partial charge in [0.2, 0.25) is 0 Å². The Balaban J connectivity index is 1.86. The van der Waals surface area contributed by atoms with Crippen molar-refractivity contribution in [3.05, 3.63) is 47.3 Å². The molecule has 2 rings (SSSR count). The van der Waals surface area contributed by atoms with Gasteiger partial charge in [0.25, 0.3) is 0 Å². The number of nitriles is 1. The lowest BCUT2D eigenvalue weighted by molar-refractivity contribution is 0.294. The molecule has 0 atom stereocenters. The second-order valence-corrected chi connectivity index (χ2v) is 6.00. The molecule has 22 heavy (non-hydrogen) atoms. The Morgan fingerprint density at radius 2 is 2.05 bits per heavy atom. The Labute approximate surface area is 132 Å². The number of hydrogen-bond acceptors (Lipinski definition) is 1. The largest absolute Gasteiger partial charge is 0.206 e. The SMILES string of the molecule is CCCC1CCC(C=CC#Cc2ccc(C#N)c(F)c2)CC1. The Bertz CT molecular complexity index is 619. The molecular weight excluding hydrogens is 273 g/mol. The van der Waals surface area contributed by atoms with E-state index in [2.05, 4.69) is 24.8 Å². The van der Waals surface area contributed by atoms with Gasteiger partial charge in [-0.15, -0.1) is 0 Å². The van der Waals surface area contributed by atoms with E-state index in [9.17, 15) is 4.39 Å². The fraction of sp³-hybridized carbons (Fsp3) is 0.450. The smallest absolute Gasteiger partial charge is 0.142 e. The van der Waals surface area contributed by atoms with Crippen LogP contribution in [0.2, 0.25) is 0 Å². The van der Waals surface area contributed by atoms with E-state index in [1.165, 1.54) is 50.7 Å². The van der Waals surface area contributed by atoms with Crippen LogP contribution in [0.4, 0.5) is 4.39 Å². The first-order valence-electron chi connectivity index (χ1n) is 8.10. The molecule has 1 aliphatic rings. The highest BCUT2D eigenvalue weighted by atomic mass is 19.1. The van der Waals surface area contributed by atoms with E-state index >= 15 is 0 Å². The molecule has 1 aromatic carbocycles. The van der Waals surface area contributed by atoms with E-state index in [1.54, 1.807) is 6.07 Å². The molecule has 1 fully saturated rings. The minimum Gasteiger partial charge on any atom is -0.206 e. The van der Waals surface area contributed by atoms with Crippen molar-refractivity contribution in [2.75, 3.05) is 0 Å². The zero-order valence-electron chi connectivity index (χ0n) is 13.1. The van der Waals surface area contributed by atoms with E-state index in [4.69, 9.17) is 5.26 Å². The molecule has 0 amide bonds. The van der Waals surface area contributed by atoms with E-state index in [0.29, 0.717) is 11.5 Å². The molecule has 0 spiro atoms. The number of rotatable bonds is 3. The Morgan fingerprint density at radius 3 is 2.68 bits per heavy atom. The van der Waals surface area contributed by atoms with Crippen molar-refractivity contribution >= 4 is 0 Å². The molecule has 1 aliphatic carbocycles. The summed E-state index contributed by atoms with van der Waals surface area (Å²) in [7, 11) is 0. The Kier molecular flexibility index (Phi) is 6.23. The van der Waals surface area contributed by atoms with Crippen molar-refractivity contribution in [2.45, 2.75) is 45.4 Å². The monoisotopic (exact) mass is 295 g/mol. The molecule has 0 heterocycles. The molecule has 0 aromatic heterocycles. The normalized spacial score (nSPS) is 21.1. The van der Waals surface area contributed by atoms with Crippen molar-refractivity contribution in [2.24, 2.45) is 11.8 Å². The lowest BCUT2D eigenvalue weighted by Gasteiger charge is -2.26. The predicted molar refractivity (Wildman–Crippen MR) is 87.5 cm³/mol. The lowest BCUT2D eigenvalue weighted by Crippen LogP contribution is -2.12. The van der Waals surface area contributed by atoms with Crippen LogP contribution < -0.4 is 0 Å². The summed E-state index contributed by atoms with van der Waals surface area (Å²) in [5, 5.41) is 8.68. The van der Waals surface area contributed by atoms with Gasteiger partial charge in [-0.25, -0.2) is 4.39 Å². The minimum absolute atomic E-state index is 0.0601. The number of benzene rings is 1. The number of nitrogens with zero attached hydrogens (tertiary/aromatic N) is 1. The van der Waals surface area contributed by atoms with Crippen LogP contribution in [0, 0.1) is 40.8 Å². The summed E-state index contributed by atoms with van der Waals surface area (Å²) < 4.78 is 13.4. The van der Waals surface area contributed by atoms with Gasteiger partial charge >= 0.3 is 0 Å². The van der Waals surface area contributed by atoms with E-state index in [0.717, 1.165) is 5.92 Å². The first-order chi connectivity index (χ1) is 10.7. The van der Waals surface area contributed by atoms with E-state index < -0.39 is 5.82 Å². The Hall–Kier alpha value is -2.06. The Morgan fingerprint density at radius 1 is 1.27 bits per heavy atom. The van der Waals surface area contributed by atoms with Crippen molar-refractivity contribution in [1.29, 1.82) is 5.26 Å². The molecule has 2 heteroatoms. The quantitative estimate of drug-likeness (QED) is 0.702. The molecule has 1 aromatic rings. The molecule has 0 saturated heterocycles. The van der Waals surface area contributed by atoms with Crippen LogP contribution in [0.1, 0.15) is 56.6 Å². The van der Waals surface area contributed by atoms with Gasteiger partial charge in [-0.3, -0.25) is 0 Å². The maximum absolute atomic E-state index is 13.4. The molecule has 0 aliphatic heterocycles. The number of allylic oxidation sites excluding steroid dienone is 2. The van der Waals surface area contributed by atoms with Gasteiger partial charge in [0.1, 0.15) is 11.9 Å². The fourth-order valence-corrected chi connectivity index (χ4v) is 3.07. The van der Waals surface area contributed by atoms with Crippen LogP contribution in [-0.2, 0) is 0 Å². The van der Waals surface area contributed by atoms with Gasteiger partial charge in [-0.2, -0.15) is 5.26 Å². The molecule has 1 saturated carbocycles. The summed E-state index contributed by atoms with van der Waals surface area (Å²) in [5.74, 6) is 6.94. The first kappa shape index (κ1) is 16.3. The first-order valence-corrected chi connectivity index (χ1v) is 8.10. The maximum atomic E-state index is 13.4. The molecule has 0 bridgehead atoms. The average molecular weight is 295 g/mol. The van der Waals surface area contributed by atoms with Crippen molar-refractivity contribution in [3.63, 3.8) is 0 Å². The zero-order valence-corrected chi connectivity index (χ0v) is 13.1. The van der Waals surface area contributed by atoms with Crippen LogP contribution in [-0.4, -0.2) is 0 Å². The minimum atomic E-state index is -0.507. The summed E-state index contributed by atoms with van der Waals surface area (Å²) in [6.07, 6.45) is 11.9. The van der Waals surface area contributed by atoms with E-state index in [1.807, 2.05) is 12.1 Å². The van der Waals surface area contributed by atoms with Gasteiger partial charge in [0.05, 0.1) is 5.56 Å². The van der Waals surface area contributed by atoms with Gasteiger partial charge < -0.3 is 0 Å². The topological polar surface area (TPSA) is 23.8 Å². The van der Waals surface area contributed by atoms with Crippen LogP contribution in [0.15, 0.2) is 30.4 Å². The van der Waals surface area contributed by atoms with Crippen LogP contribution >= 0.6 is 0 Å². The molecule has 1 nitrogen and oxygen atoms in total. The van der Waals surface area contributed by atoms with Crippen molar-refractivity contribution in [3.8, 4) is 17.9 Å². The van der Waals surface area contributed by atoms with Crippen molar-refractivity contribution in [1.82, 2.24) is 0 Å². The van der Waals surface area contributed by atoms with Crippen LogP contribution in [0.25, 0.3) is 0 Å². The predicted octanol–water partition coefficient (Wildman–Crippen LogP) is 5.21. The van der Waals surface area contributed by atoms with E-state index in [-0.39, 0.29) is 5.56 Å². The van der Waals surface area contributed by atoms with Gasteiger partial charge in [-0.05, 0) is 61.8 Å².